The highest BCUT2D eigenvalue weighted by molar-refractivity contribution is 7.89. The average molecular weight is 404 g/mol. The second-order valence-corrected chi connectivity index (χ2v) is 8.25. The van der Waals surface area contributed by atoms with E-state index in [1.165, 1.54) is 28.6 Å². The summed E-state index contributed by atoms with van der Waals surface area (Å²) in [6, 6.07) is 10.8. The minimum Gasteiger partial charge on any atom is -0.379 e. The molecular formula is C20H21FN2O4S. The van der Waals surface area contributed by atoms with E-state index in [2.05, 4.69) is 5.32 Å². The van der Waals surface area contributed by atoms with Crippen LogP contribution in [0.25, 0.3) is 6.08 Å². The molecule has 1 heterocycles. The van der Waals surface area contributed by atoms with Crippen molar-refractivity contribution < 1.29 is 22.3 Å². The Balaban J connectivity index is 1.77. The highest BCUT2D eigenvalue weighted by Gasteiger charge is 2.28. The van der Waals surface area contributed by atoms with E-state index in [0.29, 0.717) is 37.6 Å². The van der Waals surface area contributed by atoms with Crippen LogP contribution in [-0.2, 0) is 19.6 Å². The molecule has 28 heavy (non-hydrogen) atoms. The van der Waals surface area contributed by atoms with Gasteiger partial charge in [-0.1, -0.05) is 24.3 Å². The summed E-state index contributed by atoms with van der Waals surface area (Å²) in [5, 5.41) is 2.62. The van der Waals surface area contributed by atoms with Crippen molar-refractivity contribution in [2.45, 2.75) is 11.8 Å². The van der Waals surface area contributed by atoms with Crippen LogP contribution in [0.1, 0.15) is 11.1 Å². The lowest BCUT2D eigenvalue weighted by Crippen LogP contribution is -2.40. The van der Waals surface area contributed by atoms with Gasteiger partial charge in [0.2, 0.25) is 15.9 Å². The predicted molar refractivity (Wildman–Crippen MR) is 105 cm³/mol. The van der Waals surface area contributed by atoms with Gasteiger partial charge in [0.25, 0.3) is 0 Å². The summed E-state index contributed by atoms with van der Waals surface area (Å²) < 4.78 is 46.0. The molecule has 6 nitrogen and oxygen atoms in total. The molecule has 1 saturated heterocycles. The van der Waals surface area contributed by atoms with Crippen LogP contribution in [-0.4, -0.2) is 44.9 Å². The summed E-state index contributed by atoms with van der Waals surface area (Å²) in [6.07, 6.45) is 2.57. The van der Waals surface area contributed by atoms with Crippen LogP contribution in [0.2, 0.25) is 0 Å². The summed E-state index contributed by atoms with van der Waals surface area (Å²) in [5.74, 6) is -0.914. The van der Waals surface area contributed by atoms with Crippen molar-refractivity contribution in [1.82, 2.24) is 4.31 Å². The van der Waals surface area contributed by atoms with Gasteiger partial charge in [-0.25, -0.2) is 12.8 Å². The lowest BCUT2D eigenvalue weighted by Gasteiger charge is -2.26. The van der Waals surface area contributed by atoms with E-state index in [1.54, 1.807) is 37.3 Å². The van der Waals surface area contributed by atoms with Gasteiger partial charge in [0.15, 0.2) is 0 Å². The zero-order valence-corrected chi connectivity index (χ0v) is 16.2. The minimum absolute atomic E-state index is 0.144. The molecule has 0 aliphatic carbocycles. The van der Waals surface area contributed by atoms with E-state index >= 15 is 0 Å². The van der Waals surface area contributed by atoms with Crippen LogP contribution >= 0.6 is 0 Å². The number of morpholine rings is 1. The highest BCUT2D eigenvalue weighted by atomic mass is 32.2. The molecule has 8 heteroatoms. The molecule has 148 valence electrons. The predicted octanol–water partition coefficient (Wildman–Crippen LogP) is 2.81. The largest absolute Gasteiger partial charge is 0.379 e. The van der Waals surface area contributed by atoms with Crippen molar-refractivity contribution in [3.05, 3.63) is 65.5 Å². The first-order chi connectivity index (χ1) is 13.4. The number of hydrogen-bond donors (Lipinski definition) is 1. The van der Waals surface area contributed by atoms with Gasteiger partial charge in [0.1, 0.15) is 5.82 Å². The van der Waals surface area contributed by atoms with E-state index in [1.807, 2.05) is 0 Å². The van der Waals surface area contributed by atoms with E-state index in [-0.39, 0.29) is 10.5 Å². The van der Waals surface area contributed by atoms with E-state index in [4.69, 9.17) is 4.74 Å². The topological polar surface area (TPSA) is 75.7 Å². The van der Waals surface area contributed by atoms with Gasteiger partial charge in [0.05, 0.1) is 18.1 Å². The zero-order chi connectivity index (χ0) is 20.1. The van der Waals surface area contributed by atoms with Crippen molar-refractivity contribution >= 4 is 27.7 Å². The Morgan fingerprint density at radius 2 is 1.89 bits per heavy atom. The second kappa shape index (κ2) is 8.64. The number of anilines is 1. The number of nitrogens with zero attached hydrogens (tertiary/aromatic N) is 1. The number of amides is 1. The standard InChI is InChI=1S/C20H21FN2O4S/c1-15-6-8-17(14-19(15)28(25,26)23-10-12-27-13-11-23)22-20(24)9-7-16-4-2-3-5-18(16)21/h2-9,14H,10-13H2,1H3,(H,22,24)/b9-7+. The monoisotopic (exact) mass is 404 g/mol. The van der Waals surface area contributed by atoms with E-state index < -0.39 is 21.7 Å². The number of sulfonamides is 1. The van der Waals surface area contributed by atoms with Gasteiger partial charge in [-0.3, -0.25) is 4.79 Å². The molecule has 0 spiro atoms. The number of ether oxygens (including phenoxy) is 1. The molecule has 0 atom stereocenters. The Kier molecular flexibility index (Phi) is 6.23. The number of hydrogen-bond acceptors (Lipinski definition) is 4. The van der Waals surface area contributed by atoms with E-state index in [0.717, 1.165) is 0 Å². The molecule has 0 bridgehead atoms. The first kappa shape index (κ1) is 20.2. The maximum atomic E-state index is 13.6. The number of benzene rings is 2. The normalized spacial score (nSPS) is 15.6. The van der Waals surface area contributed by atoms with Gasteiger partial charge < -0.3 is 10.1 Å². The number of aryl methyl sites for hydroxylation is 1. The molecule has 0 saturated carbocycles. The second-order valence-electron chi connectivity index (χ2n) is 6.34. The molecule has 0 radical (unpaired) electrons. The Morgan fingerprint density at radius 3 is 2.61 bits per heavy atom. The fraction of sp³-hybridized carbons (Fsp3) is 0.250. The van der Waals surface area contributed by atoms with Crippen molar-refractivity contribution in [1.29, 1.82) is 0 Å². The van der Waals surface area contributed by atoms with Crippen molar-refractivity contribution in [3.8, 4) is 0 Å². The number of carbonyl (C=O) groups is 1. The lowest BCUT2D eigenvalue weighted by molar-refractivity contribution is -0.111. The third-order valence-electron chi connectivity index (χ3n) is 4.36. The van der Waals surface area contributed by atoms with Crippen molar-refractivity contribution in [2.75, 3.05) is 31.6 Å². The molecule has 2 aromatic rings. The SMILES string of the molecule is Cc1ccc(NC(=O)/C=C/c2ccccc2F)cc1S(=O)(=O)N1CCOCC1. The first-order valence-corrected chi connectivity index (χ1v) is 10.2. The molecule has 2 aromatic carbocycles. The quantitative estimate of drug-likeness (QED) is 0.778. The Labute approximate surface area is 163 Å². The molecule has 0 unspecified atom stereocenters. The summed E-state index contributed by atoms with van der Waals surface area (Å²) in [6.45, 7) is 3.01. The summed E-state index contributed by atoms with van der Waals surface area (Å²) in [7, 11) is -3.68. The van der Waals surface area contributed by atoms with Crippen LogP contribution < -0.4 is 5.32 Å². The molecule has 1 aliphatic heterocycles. The minimum atomic E-state index is -3.68. The zero-order valence-electron chi connectivity index (χ0n) is 15.4. The van der Waals surface area contributed by atoms with Crippen LogP contribution in [0.15, 0.2) is 53.4 Å². The van der Waals surface area contributed by atoms with Crippen LogP contribution in [0, 0.1) is 12.7 Å². The van der Waals surface area contributed by atoms with Gasteiger partial charge >= 0.3 is 0 Å². The van der Waals surface area contributed by atoms with E-state index in [9.17, 15) is 17.6 Å². The molecule has 1 fully saturated rings. The Bertz CT molecular complexity index is 999. The lowest BCUT2D eigenvalue weighted by atomic mass is 10.2. The molecule has 3 rings (SSSR count). The van der Waals surface area contributed by atoms with Gasteiger partial charge in [-0.2, -0.15) is 4.31 Å². The van der Waals surface area contributed by atoms with Crippen molar-refractivity contribution in [2.24, 2.45) is 0 Å². The fourth-order valence-electron chi connectivity index (χ4n) is 2.84. The number of nitrogens with one attached hydrogen (secondary N) is 1. The van der Waals surface area contributed by atoms with Gasteiger partial charge in [-0.05, 0) is 36.8 Å². The Hall–Kier alpha value is -2.55. The van der Waals surface area contributed by atoms with Crippen LogP contribution in [0.4, 0.5) is 10.1 Å². The fourth-order valence-corrected chi connectivity index (χ4v) is 4.50. The van der Waals surface area contributed by atoms with Gasteiger partial charge in [-0.15, -0.1) is 0 Å². The smallest absolute Gasteiger partial charge is 0.248 e. The number of carbonyl (C=O) groups excluding carboxylic acids is 1. The van der Waals surface area contributed by atoms with Crippen molar-refractivity contribution in [3.63, 3.8) is 0 Å². The summed E-state index contributed by atoms with van der Waals surface area (Å²) in [5.41, 5.74) is 1.23. The molecular weight excluding hydrogens is 383 g/mol. The molecule has 1 N–H and O–H groups in total. The Morgan fingerprint density at radius 1 is 1.18 bits per heavy atom. The molecule has 0 aromatic heterocycles. The third-order valence-corrected chi connectivity index (χ3v) is 6.40. The van der Waals surface area contributed by atoms with Crippen LogP contribution in [0.5, 0.6) is 0 Å². The average Bonchev–Trinajstić information content (AvgIpc) is 2.69. The highest BCUT2D eigenvalue weighted by Crippen LogP contribution is 2.24. The van der Waals surface area contributed by atoms with Crippen LogP contribution in [0.3, 0.4) is 0 Å². The summed E-state index contributed by atoms with van der Waals surface area (Å²) >= 11 is 0. The number of rotatable bonds is 5. The molecule has 1 aliphatic rings. The maximum absolute atomic E-state index is 13.6. The third kappa shape index (κ3) is 4.64. The first-order valence-electron chi connectivity index (χ1n) is 8.80. The maximum Gasteiger partial charge on any atom is 0.248 e. The molecule has 1 amide bonds. The van der Waals surface area contributed by atoms with Gasteiger partial charge in [0, 0.05) is 30.4 Å². The number of halogens is 1. The summed E-state index contributed by atoms with van der Waals surface area (Å²) in [4.78, 5) is 12.3.